The third-order valence-electron chi connectivity index (χ3n) is 13.4. The fourth-order valence-electron chi connectivity index (χ4n) is 7.76. The van der Waals surface area contributed by atoms with E-state index in [0.717, 1.165) is 56.6 Å². The van der Waals surface area contributed by atoms with Crippen LogP contribution in [0.5, 0.6) is 0 Å². The summed E-state index contributed by atoms with van der Waals surface area (Å²) in [4.78, 5) is 0. The van der Waals surface area contributed by atoms with E-state index in [4.69, 9.17) is 0 Å². The predicted molar refractivity (Wildman–Crippen MR) is 399 cm³/mol. The summed E-state index contributed by atoms with van der Waals surface area (Å²) in [5.41, 5.74) is 27.7. The van der Waals surface area contributed by atoms with Gasteiger partial charge in [-0.15, -0.1) is 0 Å². The lowest BCUT2D eigenvalue weighted by Gasteiger charge is -1.98. The molecule has 1 aliphatic rings. The van der Waals surface area contributed by atoms with E-state index in [2.05, 4.69) is 245 Å². The topological polar surface area (TPSA) is 0 Å². The maximum Gasteiger partial charge on any atom is 0.123 e. The number of allylic oxidation sites excluding steroid dienone is 9. The summed E-state index contributed by atoms with van der Waals surface area (Å²) < 4.78 is 12.3. The highest BCUT2D eigenvalue weighted by Gasteiger charge is 2.12. The van der Waals surface area contributed by atoms with E-state index in [-0.39, 0.29) is 13.2 Å². The molecule has 456 valence electrons. The Balaban J connectivity index is 0.000000494. The monoisotopic (exact) mass is 1160 g/mol. The summed E-state index contributed by atoms with van der Waals surface area (Å²) in [5, 5.41) is 0. The van der Waals surface area contributed by atoms with Gasteiger partial charge in [-0.25, -0.2) is 4.39 Å². The van der Waals surface area contributed by atoms with Gasteiger partial charge >= 0.3 is 0 Å². The van der Waals surface area contributed by atoms with E-state index < -0.39 is 0 Å². The molecule has 0 saturated carbocycles. The van der Waals surface area contributed by atoms with Crippen LogP contribution in [0.4, 0.5) is 4.39 Å². The molecule has 0 amide bonds. The van der Waals surface area contributed by atoms with E-state index >= 15 is 0 Å². The quantitative estimate of drug-likeness (QED) is 0.142. The predicted octanol–water partition coefficient (Wildman–Crippen LogP) is 26.4. The zero-order valence-electron chi connectivity index (χ0n) is 54.7. The molecular weight excluding hydrogens is 1060 g/mol. The minimum absolute atomic E-state index is 0. The van der Waals surface area contributed by atoms with Crippen LogP contribution in [0.3, 0.4) is 0 Å². The van der Waals surface area contributed by atoms with Gasteiger partial charge in [-0.2, -0.15) is 0 Å². The summed E-state index contributed by atoms with van der Waals surface area (Å²) in [6, 6.07) is 78.9. The molecule has 0 atom stereocenters. The Morgan fingerprint density at radius 1 is 0.261 bits per heavy atom. The molecule has 9 aromatic rings. The van der Waals surface area contributed by atoms with E-state index in [9.17, 15) is 4.39 Å². The van der Waals surface area contributed by atoms with Crippen molar-refractivity contribution in [1.82, 2.24) is 0 Å². The van der Waals surface area contributed by atoms with Crippen molar-refractivity contribution < 1.29 is 4.39 Å². The van der Waals surface area contributed by atoms with Gasteiger partial charge in [-0.05, 0) is 169 Å². The molecule has 0 radical (unpaired) electrons. The molecule has 0 N–H and O–H groups in total. The highest BCUT2D eigenvalue weighted by atomic mass is 19.1. The Morgan fingerprint density at radius 3 is 0.659 bits per heavy atom. The van der Waals surface area contributed by atoms with Crippen LogP contribution in [0.2, 0.25) is 0 Å². The first-order valence-electron chi connectivity index (χ1n) is 29.5. The van der Waals surface area contributed by atoms with Gasteiger partial charge in [-0.1, -0.05) is 358 Å². The first kappa shape index (κ1) is 76.6. The van der Waals surface area contributed by atoms with Crippen molar-refractivity contribution in [2.45, 2.75) is 103 Å². The number of fused-ring (bicyclic) bond motifs is 1. The first-order valence-corrected chi connectivity index (χ1v) is 29.5. The molecule has 1 aliphatic carbocycles. The standard InChI is InChI=1S/C10H10.4C10H12.C9H9F.3C9H10.CH4/c1-8-6-7-9-4-2-3-5-10(8)9;4*1-8(2)10-6-4-9(3)5-7-10;1-7(2)8-3-5-9(10)6-4-8;3*1-8(2)9-6-4-3-5-7-9;/h2-5H,1,6-7H2;4*4-7H,1H2,2-3H3;3-6H,1H2,2H3;3*3-7H,1H2,2H3;1H4. The van der Waals surface area contributed by atoms with Crippen LogP contribution in [0, 0.1) is 33.5 Å². The first-order chi connectivity index (χ1) is 41.3. The van der Waals surface area contributed by atoms with Crippen LogP contribution in [-0.4, -0.2) is 0 Å². The Morgan fingerprint density at radius 2 is 0.455 bits per heavy atom. The lowest BCUT2D eigenvalue weighted by atomic mass is 10.1. The van der Waals surface area contributed by atoms with Crippen LogP contribution in [0.25, 0.3) is 50.2 Å². The SMILES string of the molecule is C.C=C(C)c1ccc(C)cc1.C=C(C)c1ccc(C)cc1.C=C(C)c1ccc(C)cc1.C=C(C)c1ccc(C)cc1.C=C(C)c1ccc(F)cc1.C=C(C)c1ccccc1.C=C(C)c1ccccc1.C=C(C)c1ccccc1.C=C1CCc2ccccc21. The number of rotatable bonds is 8. The molecule has 0 saturated heterocycles. The van der Waals surface area contributed by atoms with Gasteiger partial charge in [0.1, 0.15) is 5.82 Å². The Kier molecular flexibility index (Phi) is 36.9. The maximum absolute atomic E-state index is 12.3. The molecule has 10 rings (SSSR count). The lowest BCUT2D eigenvalue weighted by molar-refractivity contribution is 0.627. The van der Waals surface area contributed by atoms with Crippen molar-refractivity contribution >= 4 is 50.2 Å². The summed E-state index contributed by atoms with van der Waals surface area (Å²) in [6.45, 7) is 59.0. The molecule has 0 aliphatic heterocycles. The van der Waals surface area contributed by atoms with E-state index in [1.165, 1.54) is 96.5 Å². The number of halogens is 1. The van der Waals surface area contributed by atoms with Crippen LogP contribution in [0.1, 0.15) is 147 Å². The molecule has 0 fully saturated rings. The van der Waals surface area contributed by atoms with Crippen LogP contribution < -0.4 is 0 Å². The number of aryl methyl sites for hydroxylation is 5. The second-order valence-corrected chi connectivity index (χ2v) is 22.1. The highest BCUT2D eigenvalue weighted by molar-refractivity contribution is 5.71. The molecule has 0 nitrogen and oxygen atoms in total. The molecule has 0 bridgehead atoms. The van der Waals surface area contributed by atoms with Gasteiger partial charge in [0.2, 0.25) is 0 Å². The zero-order valence-corrected chi connectivity index (χ0v) is 54.7. The smallest absolute Gasteiger partial charge is 0.123 e. The molecule has 0 unspecified atom stereocenters. The zero-order chi connectivity index (χ0) is 64.8. The fraction of sp³-hybridized carbons (Fsp3) is 0.172. The Bertz CT molecular complexity index is 3110. The largest absolute Gasteiger partial charge is 0.207 e. The average Bonchev–Trinajstić information content (AvgIpc) is 4.12. The molecule has 0 heterocycles. The Hall–Kier alpha value is -9.43. The van der Waals surface area contributed by atoms with Crippen molar-refractivity contribution in [2.24, 2.45) is 0 Å². The fourth-order valence-corrected chi connectivity index (χ4v) is 7.76. The molecule has 0 aromatic heterocycles. The summed E-state index contributed by atoms with van der Waals surface area (Å²) in [5.74, 6) is -0.204. The molecule has 0 spiro atoms. The third-order valence-corrected chi connectivity index (χ3v) is 13.4. The molecule has 88 heavy (non-hydrogen) atoms. The van der Waals surface area contributed by atoms with Gasteiger partial charge < -0.3 is 0 Å². The van der Waals surface area contributed by atoms with Crippen molar-refractivity contribution in [3.8, 4) is 0 Å². The van der Waals surface area contributed by atoms with Gasteiger partial charge in [0.15, 0.2) is 0 Å². The summed E-state index contributed by atoms with van der Waals surface area (Å²) >= 11 is 0. The average molecular weight is 1170 g/mol. The van der Waals surface area contributed by atoms with Gasteiger partial charge in [-0.3, -0.25) is 0 Å². The van der Waals surface area contributed by atoms with E-state index in [1.807, 2.05) is 110 Å². The lowest BCUT2D eigenvalue weighted by Crippen LogP contribution is -1.77. The van der Waals surface area contributed by atoms with E-state index in [1.54, 1.807) is 12.1 Å². The summed E-state index contributed by atoms with van der Waals surface area (Å²) in [6.07, 6.45) is 2.34. The number of benzene rings is 9. The molecule has 1 heteroatoms. The van der Waals surface area contributed by atoms with Gasteiger partial charge in [0.05, 0.1) is 0 Å². The number of hydrogen-bond acceptors (Lipinski definition) is 0. The minimum Gasteiger partial charge on any atom is -0.207 e. The van der Waals surface area contributed by atoms with E-state index in [0.29, 0.717) is 0 Å². The second kappa shape index (κ2) is 42.4. The second-order valence-electron chi connectivity index (χ2n) is 22.1. The van der Waals surface area contributed by atoms with Crippen LogP contribution in [0.15, 0.2) is 296 Å². The van der Waals surface area contributed by atoms with Crippen molar-refractivity contribution in [3.63, 3.8) is 0 Å². The Labute approximate surface area is 534 Å². The van der Waals surface area contributed by atoms with Crippen molar-refractivity contribution in [3.05, 3.63) is 380 Å². The number of hydrogen-bond donors (Lipinski definition) is 0. The molecular formula is C87H101F. The highest BCUT2D eigenvalue weighted by Crippen LogP contribution is 2.30. The minimum atomic E-state index is -0.204. The van der Waals surface area contributed by atoms with Crippen molar-refractivity contribution in [2.75, 3.05) is 0 Å². The van der Waals surface area contributed by atoms with Crippen molar-refractivity contribution in [1.29, 1.82) is 0 Å². The van der Waals surface area contributed by atoms with Gasteiger partial charge in [0.25, 0.3) is 0 Å². The third kappa shape index (κ3) is 32.2. The summed E-state index contributed by atoms with van der Waals surface area (Å²) in [7, 11) is 0. The van der Waals surface area contributed by atoms with Crippen LogP contribution in [-0.2, 0) is 6.42 Å². The maximum atomic E-state index is 12.3. The van der Waals surface area contributed by atoms with Crippen LogP contribution >= 0.6 is 0 Å². The molecule has 9 aromatic carbocycles. The normalized spacial score (nSPS) is 9.85. The van der Waals surface area contributed by atoms with Gasteiger partial charge in [0, 0.05) is 0 Å².